The third-order valence-corrected chi connectivity index (χ3v) is 7.52. The highest BCUT2D eigenvalue weighted by Crippen LogP contribution is 2.22. The van der Waals surface area contributed by atoms with Gasteiger partial charge in [0.15, 0.2) is 0 Å². The summed E-state index contributed by atoms with van der Waals surface area (Å²) in [5, 5.41) is 3.05. The molecule has 1 atom stereocenters. The Balaban J connectivity index is 1.88. The molecule has 1 N–H and O–H groups in total. The number of benzene rings is 2. The predicted molar refractivity (Wildman–Crippen MR) is 137 cm³/mol. The highest BCUT2D eigenvalue weighted by molar-refractivity contribution is 7.92. The molecule has 8 nitrogen and oxygen atoms in total. The first-order chi connectivity index (χ1) is 17.1. The summed E-state index contributed by atoms with van der Waals surface area (Å²) in [6.45, 7) is 1.12. The molecule has 1 saturated carbocycles. The van der Waals surface area contributed by atoms with E-state index in [1.165, 1.54) is 30.2 Å². The second-order valence-corrected chi connectivity index (χ2v) is 11.0. The van der Waals surface area contributed by atoms with Gasteiger partial charge in [-0.3, -0.25) is 13.9 Å². The zero-order valence-electron chi connectivity index (χ0n) is 20.9. The highest BCUT2D eigenvalue weighted by Gasteiger charge is 2.31. The minimum atomic E-state index is -3.92. The Kier molecular flexibility index (Phi) is 9.31. The molecule has 0 bridgehead atoms. The van der Waals surface area contributed by atoms with Gasteiger partial charge < -0.3 is 15.0 Å². The summed E-state index contributed by atoms with van der Waals surface area (Å²) in [6.07, 6.45) is 5.97. The third kappa shape index (κ3) is 7.43. The van der Waals surface area contributed by atoms with Crippen molar-refractivity contribution in [2.24, 2.45) is 0 Å². The largest absolute Gasteiger partial charge is 0.497 e. The topological polar surface area (TPSA) is 96.0 Å². The number of nitrogens with zero attached hydrogens (tertiary/aromatic N) is 2. The first-order valence-corrected chi connectivity index (χ1v) is 13.9. The molecular weight excluding hydrogens is 485 g/mol. The first kappa shape index (κ1) is 27.4. The maximum absolute atomic E-state index is 13.8. The van der Waals surface area contributed by atoms with Crippen molar-refractivity contribution in [1.82, 2.24) is 10.2 Å². The van der Waals surface area contributed by atoms with Crippen LogP contribution in [0.2, 0.25) is 0 Å². The van der Waals surface area contributed by atoms with E-state index in [9.17, 15) is 22.4 Å². The van der Waals surface area contributed by atoms with Crippen molar-refractivity contribution in [2.75, 3.05) is 24.2 Å². The maximum atomic E-state index is 13.8. The third-order valence-electron chi connectivity index (χ3n) is 6.38. The van der Waals surface area contributed by atoms with Gasteiger partial charge in [0, 0.05) is 12.6 Å². The van der Waals surface area contributed by atoms with Crippen LogP contribution in [0.15, 0.2) is 48.5 Å². The van der Waals surface area contributed by atoms with Gasteiger partial charge >= 0.3 is 0 Å². The molecule has 2 aromatic rings. The van der Waals surface area contributed by atoms with E-state index in [1.54, 1.807) is 31.2 Å². The number of carbonyl (C=O) groups excluding carboxylic acids is 2. The number of rotatable bonds is 10. The molecule has 2 aromatic carbocycles. The van der Waals surface area contributed by atoms with E-state index in [1.807, 2.05) is 0 Å². The Hall–Kier alpha value is -3.14. The lowest BCUT2D eigenvalue weighted by Crippen LogP contribution is -2.53. The van der Waals surface area contributed by atoms with Gasteiger partial charge in [0.2, 0.25) is 21.8 Å². The molecule has 0 radical (unpaired) electrons. The van der Waals surface area contributed by atoms with E-state index in [0.717, 1.165) is 54.3 Å². The van der Waals surface area contributed by atoms with Crippen molar-refractivity contribution in [3.8, 4) is 5.75 Å². The highest BCUT2D eigenvalue weighted by atomic mass is 32.2. The lowest BCUT2D eigenvalue weighted by Gasteiger charge is -2.33. The van der Waals surface area contributed by atoms with Gasteiger partial charge in [0.05, 0.1) is 19.1 Å². The fourth-order valence-electron chi connectivity index (χ4n) is 4.36. The summed E-state index contributed by atoms with van der Waals surface area (Å²) in [7, 11) is -2.38. The summed E-state index contributed by atoms with van der Waals surface area (Å²) in [4.78, 5) is 28.1. The average molecular weight is 520 g/mol. The van der Waals surface area contributed by atoms with Crippen LogP contribution in [-0.2, 0) is 26.2 Å². The Morgan fingerprint density at radius 1 is 1.11 bits per heavy atom. The van der Waals surface area contributed by atoms with E-state index in [-0.39, 0.29) is 24.2 Å². The van der Waals surface area contributed by atoms with Gasteiger partial charge in [-0.25, -0.2) is 12.8 Å². The van der Waals surface area contributed by atoms with E-state index in [4.69, 9.17) is 4.74 Å². The van der Waals surface area contributed by atoms with Crippen LogP contribution in [0.5, 0.6) is 5.75 Å². The number of nitrogens with one attached hydrogen (secondary N) is 1. The fourth-order valence-corrected chi connectivity index (χ4v) is 5.21. The molecule has 196 valence electrons. The monoisotopic (exact) mass is 519 g/mol. The van der Waals surface area contributed by atoms with E-state index in [0.29, 0.717) is 5.75 Å². The molecule has 2 amide bonds. The van der Waals surface area contributed by atoms with Crippen molar-refractivity contribution in [3.63, 3.8) is 0 Å². The normalized spacial score (nSPS) is 15.1. The van der Waals surface area contributed by atoms with Crippen molar-refractivity contribution < 1.29 is 27.1 Å². The molecule has 1 aliphatic rings. The van der Waals surface area contributed by atoms with Crippen LogP contribution in [0.25, 0.3) is 0 Å². The zero-order chi connectivity index (χ0) is 26.3. The maximum Gasteiger partial charge on any atom is 0.244 e. The number of amides is 2. The second-order valence-electron chi connectivity index (χ2n) is 9.14. The molecule has 1 fully saturated rings. The van der Waals surface area contributed by atoms with Crippen molar-refractivity contribution in [3.05, 3.63) is 59.9 Å². The van der Waals surface area contributed by atoms with Crippen LogP contribution in [0.1, 0.15) is 44.6 Å². The number of methoxy groups -OCH3 is 1. The van der Waals surface area contributed by atoms with E-state index in [2.05, 4.69) is 5.32 Å². The molecule has 0 aromatic heterocycles. The van der Waals surface area contributed by atoms with Gasteiger partial charge in [-0.05, 0) is 55.7 Å². The van der Waals surface area contributed by atoms with Crippen LogP contribution in [0.4, 0.5) is 10.1 Å². The molecular formula is C26H34FN3O5S. The molecule has 1 aliphatic carbocycles. The molecule has 36 heavy (non-hydrogen) atoms. The summed E-state index contributed by atoms with van der Waals surface area (Å²) in [5.41, 5.74) is 0.753. The summed E-state index contributed by atoms with van der Waals surface area (Å²) >= 11 is 0. The van der Waals surface area contributed by atoms with E-state index >= 15 is 0 Å². The molecule has 0 aliphatic heterocycles. The zero-order valence-corrected chi connectivity index (χ0v) is 21.8. The molecule has 10 heteroatoms. The fraction of sp³-hybridized carbons (Fsp3) is 0.462. The van der Waals surface area contributed by atoms with Gasteiger partial charge in [-0.15, -0.1) is 0 Å². The lowest BCUT2D eigenvalue weighted by atomic mass is 9.95. The number of hydrogen-bond acceptors (Lipinski definition) is 5. The first-order valence-electron chi connectivity index (χ1n) is 12.0. The lowest BCUT2D eigenvalue weighted by molar-refractivity contribution is -0.139. The van der Waals surface area contributed by atoms with Crippen LogP contribution in [-0.4, -0.2) is 57.1 Å². The number of anilines is 1. The molecule has 0 heterocycles. The summed E-state index contributed by atoms with van der Waals surface area (Å²) in [5.74, 6) is -0.910. The number of hydrogen-bond donors (Lipinski definition) is 1. The van der Waals surface area contributed by atoms with Gasteiger partial charge in [0.1, 0.15) is 24.2 Å². The van der Waals surface area contributed by atoms with E-state index < -0.39 is 34.3 Å². The molecule has 0 spiro atoms. The van der Waals surface area contributed by atoms with Gasteiger partial charge in [-0.2, -0.15) is 0 Å². The average Bonchev–Trinajstić information content (AvgIpc) is 2.85. The SMILES string of the molecule is COc1cccc(CN(C(=O)CN(c2cccc(F)c2)S(C)(=O)=O)[C@@H](C)C(=O)NC2CCCCC2)c1. The van der Waals surface area contributed by atoms with Crippen molar-refractivity contribution in [1.29, 1.82) is 0 Å². The van der Waals surface area contributed by atoms with Gasteiger partial charge in [0.25, 0.3) is 0 Å². The Labute approximate surface area is 212 Å². The predicted octanol–water partition coefficient (Wildman–Crippen LogP) is 3.47. The minimum absolute atomic E-state index is 0.0338. The van der Waals surface area contributed by atoms with Crippen molar-refractivity contribution in [2.45, 2.75) is 57.7 Å². The number of ether oxygens (including phenoxy) is 1. The van der Waals surface area contributed by atoms with Crippen LogP contribution < -0.4 is 14.4 Å². The quantitative estimate of drug-likeness (QED) is 0.519. The number of halogens is 1. The minimum Gasteiger partial charge on any atom is -0.497 e. The van der Waals surface area contributed by atoms with Crippen LogP contribution in [0, 0.1) is 5.82 Å². The Morgan fingerprint density at radius 2 is 1.81 bits per heavy atom. The Bertz CT molecular complexity index is 1170. The molecule has 0 saturated heterocycles. The molecule has 0 unspecified atom stereocenters. The van der Waals surface area contributed by atoms with Crippen LogP contribution >= 0.6 is 0 Å². The second kappa shape index (κ2) is 12.2. The van der Waals surface area contributed by atoms with Gasteiger partial charge in [-0.1, -0.05) is 37.5 Å². The number of sulfonamides is 1. The summed E-state index contributed by atoms with van der Waals surface area (Å²) in [6, 6.07) is 11.3. The van der Waals surface area contributed by atoms with Crippen LogP contribution in [0.3, 0.4) is 0 Å². The number of carbonyl (C=O) groups is 2. The van der Waals surface area contributed by atoms with Crippen molar-refractivity contribution >= 4 is 27.5 Å². The smallest absolute Gasteiger partial charge is 0.244 e. The standard InChI is InChI=1S/C26H34FN3O5S/c1-19(26(32)28-22-11-5-4-6-12-22)29(17-20-9-7-14-24(15-20)35-2)25(31)18-30(36(3,33)34)23-13-8-10-21(27)16-23/h7-10,13-16,19,22H,4-6,11-12,17-18H2,1-3H3,(H,28,32)/t19-/m0/s1. The molecule has 3 rings (SSSR count). The Morgan fingerprint density at radius 3 is 2.44 bits per heavy atom. The summed E-state index contributed by atoms with van der Waals surface area (Å²) < 4.78 is 45.1.